The molecule has 21 atom stereocenters. The number of nitrogens with two attached hydrogens (primary N) is 1. The zero-order valence-corrected chi connectivity index (χ0v) is 71.0. The molecule has 8 amide bonds. The van der Waals surface area contributed by atoms with Gasteiger partial charge in [0, 0.05) is 61.4 Å². The Hall–Kier alpha value is -12.0. The highest BCUT2D eigenvalue weighted by Gasteiger charge is 2.51. The molecular formula is C88H97Cl2N9O31. The zero-order valence-electron chi connectivity index (χ0n) is 69.5. The van der Waals surface area contributed by atoms with E-state index in [4.69, 9.17) is 71.6 Å². The maximum Gasteiger partial charge on any atom is 0.330 e. The third kappa shape index (κ3) is 20.9. The molecule has 9 aliphatic heterocycles. The maximum atomic E-state index is 17.0. The van der Waals surface area contributed by atoms with Gasteiger partial charge in [0.25, 0.3) is 0 Å². The van der Waals surface area contributed by atoms with E-state index in [1.54, 1.807) is 0 Å². The van der Waals surface area contributed by atoms with Crippen LogP contribution in [0.25, 0.3) is 11.1 Å². The number of rotatable bonds is 20. The number of aliphatic carboxylic acids is 1. The first kappa shape index (κ1) is 94.2. The van der Waals surface area contributed by atoms with E-state index in [1.807, 2.05) is 0 Å². The van der Waals surface area contributed by atoms with Gasteiger partial charge in [-0.25, -0.2) is 4.79 Å². The van der Waals surface area contributed by atoms with Gasteiger partial charge in [-0.3, -0.25) is 38.4 Å². The largest absolute Gasteiger partial charge is 0.508 e. The van der Waals surface area contributed by atoms with E-state index in [1.165, 1.54) is 30.3 Å². The third-order valence-corrected chi connectivity index (χ3v) is 23.8. The predicted octanol–water partition coefficient (Wildman–Crippen LogP) is 3.22. The van der Waals surface area contributed by atoms with Crippen molar-refractivity contribution in [3.05, 3.63) is 164 Å². The number of unbranched alkanes of at least 4 members (excludes halogenated alkanes) is 6. The van der Waals surface area contributed by atoms with Crippen LogP contribution in [-0.4, -0.2) is 231 Å². The number of phenolic OH excluding ortho intramolecular Hbond substituents is 4. The highest BCUT2D eigenvalue weighted by atomic mass is 35.5. The summed E-state index contributed by atoms with van der Waals surface area (Å²) in [5.41, 5.74) is 3.33. The van der Waals surface area contributed by atoms with E-state index >= 15 is 24.0 Å². The minimum absolute atomic E-state index is 0.0118. The molecule has 0 aliphatic carbocycles. The number of hydrogen-bond acceptors (Lipinski definition) is 31. The second kappa shape index (κ2) is 40.6. The van der Waals surface area contributed by atoms with Gasteiger partial charge in [0.15, 0.2) is 35.3 Å². The molecule has 3 saturated heterocycles. The lowest BCUT2D eigenvalue weighted by Crippen LogP contribution is -2.65. The van der Waals surface area contributed by atoms with Crippen molar-refractivity contribution in [3.8, 4) is 80.1 Å². The molecular weight excluding hydrogens is 1750 g/mol. The van der Waals surface area contributed by atoms with Crippen molar-refractivity contribution in [2.75, 3.05) is 19.8 Å². The molecule has 7 aromatic carbocycles. The van der Waals surface area contributed by atoms with Crippen molar-refractivity contribution in [3.63, 3.8) is 0 Å². The Morgan fingerprint density at radius 2 is 1.10 bits per heavy atom. The first-order valence-electron chi connectivity index (χ1n) is 41.9. The fraction of sp³-hybridized carbons (Fsp3) is 0.420. The van der Waals surface area contributed by atoms with Crippen LogP contribution < -0.4 is 72.0 Å². The molecule has 130 heavy (non-hydrogen) atoms. The Kier molecular flexibility index (Phi) is 29.4. The molecule has 9 heterocycles. The molecule has 0 aromatic heterocycles. The Labute approximate surface area is 750 Å². The number of amides is 8. The summed E-state index contributed by atoms with van der Waals surface area (Å²) in [6, 6.07) is 2.42. The number of carbonyl (C=O) groups is 9. The summed E-state index contributed by atoms with van der Waals surface area (Å²) in [7, 11) is 0. The topological polar surface area (TPSA) is 622 Å². The number of carbonyl (C=O) groups excluding carboxylic acids is 8. The minimum Gasteiger partial charge on any atom is -0.508 e. The van der Waals surface area contributed by atoms with Gasteiger partial charge in [0.05, 0.1) is 48.1 Å². The lowest BCUT2D eigenvalue weighted by Gasteiger charge is -2.44. The SMILES string of the molecule is CCCCCCCCCC(=O)N[C@@H]1C[C@H](O)[C@@H](CO)O[C@H]1Oc1c2cc3cc1Oc1ccc(cc1Cl)[C@@H](O[C@@H]1O[C@H](CO)[C@@H](O)[C@H](O)[C@H]1NC(C)=O)[C@@H]1NC(=O)[C@H](NC(=O)[C@@H]3NC(=O)[C@H]3NC(=O)[C@@H](Cc4ccc(c(Cl)c4)O2)NC(=O)[C@H](N)c2ccc(O)c(c2)Oc2cc(O)cc3c2)c2ccc(O)c(c2)-c2c(O[C@H]3O[C@H](CO)[C@@H](O)C[C@@H]3O)cc(O)cc2[C@H](C(=O)O)NC1=O. The molecule has 0 unspecified atom stereocenters. The van der Waals surface area contributed by atoms with Gasteiger partial charge in [-0.15, -0.1) is 0 Å². The summed E-state index contributed by atoms with van der Waals surface area (Å²) < 4.78 is 58.0. The number of aliphatic hydroxyl groups excluding tert-OH is 8. The van der Waals surface area contributed by atoms with Gasteiger partial charge in [0.1, 0.15) is 125 Å². The second-order valence-electron chi connectivity index (χ2n) is 32.5. The van der Waals surface area contributed by atoms with Crippen molar-refractivity contribution in [2.24, 2.45) is 5.73 Å². The first-order valence-corrected chi connectivity index (χ1v) is 42.6. The zero-order chi connectivity index (χ0) is 93.0. The summed E-state index contributed by atoms with van der Waals surface area (Å²) >= 11 is 14.8. The van der Waals surface area contributed by atoms with Crippen LogP contribution in [0.4, 0.5) is 0 Å². The summed E-state index contributed by atoms with van der Waals surface area (Å²) in [5, 5.41) is 167. The normalized spacial score (nSPS) is 28.0. The maximum absolute atomic E-state index is 17.0. The molecule has 40 nitrogen and oxygen atoms in total. The lowest BCUT2D eigenvalue weighted by molar-refractivity contribution is -0.284. The molecule has 7 aromatic rings. The van der Waals surface area contributed by atoms with Crippen LogP contribution in [-0.2, 0) is 68.5 Å². The number of benzene rings is 7. The van der Waals surface area contributed by atoms with Crippen LogP contribution in [0.5, 0.6) is 69.0 Å². The van der Waals surface area contributed by atoms with E-state index < -0.39 is 299 Å². The number of nitrogens with one attached hydrogen (secondary N) is 8. The molecule has 9 aliphatic rings. The molecule has 0 spiro atoms. The number of aromatic hydroxyl groups is 4. The molecule has 16 rings (SSSR count). The number of halogens is 2. The van der Waals surface area contributed by atoms with Crippen LogP contribution in [0.3, 0.4) is 0 Å². The van der Waals surface area contributed by atoms with Gasteiger partial charge in [-0.2, -0.15) is 0 Å². The molecule has 694 valence electrons. The van der Waals surface area contributed by atoms with Gasteiger partial charge < -0.3 is 157 Å². The Morgan fingerprint density at radius 3 is 1.76 bits per heavy atom. The van der Waals surface area contributed by atoms with Crippen LogP contribution >= 0.6 is 23.2 Å². The fourth-order valence-electron chi connectivity index (χ4n) is 16.5. The molecule has 42 heteroatoms. The summed E-state index contributed by atoms with van der Waals surface area (Å²) in [5.74, 6) is -18.2. The first-order chi connectivity index (χ1) is 62.2. The molecule has 17 bridgehead atoms. The highest BCUT2D eigenvalue weighted by Crippen LogP contribution is 2.51. The number of hydrogen-bond donors (Lipinski definition) is 22. The quantitative estimate of drug-likeness (QED) is 0.0487. The van der Waals surface area contributed by atoms with Crippen LogP contribution in [0.1, 0.15) is 153 Å². The van der Waals surface area contributed by atoms with Crippen LogP contribution in [0.2, 0.25) is 10.0 Å². The van der Waals surface area contributed by atoms with Crippen molar-refractivity contribution < 1.29 is 152 Å². The number of carboxylic acid groups (broad SMARTS) is 1. The Morgan fingerprint density at radius 1 is 0.515 bits per heavy atom. The Bertz CT molecular complexity index is 5460. The van der Waals surface area contributed by atoms with Crippen molar-refractivity contribution >= 4 is 76.4 Å². The van der Waals surface area contributed by atoms with Gasteiger partial charge >= 0.3 is 5.97 Å². The van der Waals surface area contributed by atoms with Crippen molar-refractivity contribution in [2.45, 2.75) is 213 Å². The molecule has 0 saturated carbocycles. The average Bonchev–Trinajstić information content (AvgIpc) is 0.748. The molecule has 3 fully saturated rings. The van der Waals surface area contributed by atoms with E-state index in [0.29, 0.717) is 12.8 Å². The number of ether oxygens (including phenoxy) is 9. The Balaban J connectivity index is 1.03. The van der Waals surface area contributed by atoms with E-state index in [2.05, 4.69) is 49.5 Å². The van der Waals surface area contributed by atoms with E-state index in [0.717, 1.165) is 124 Å². The number of phenols is 4. The second-order valence-corrected chi connectivity index (χ2v) is 33.3. The number of carboxylic acids is 1. The number of fused-ring (bicyclic) bond motifs is 14. The molecule has 0 radical (unpaired) electrons. The summed E-state index contributed by atoms with van der Waals surface area (Å²) in [4.78, 5) is 138. The van der Waals surface area contributed by atoms with Crippen molar-refractivity contribution in [1.82, 2.24) is 42.5 Å². The third-order valence-electron chi connectivity index (χ3n) is 23.2. The van der Waals surface area contributed by atoms with Gasteiger partial charge in [-0.05, 0) is 119 Å². The van der Waals surface area contributed by atoms with Crippen molar-refractivity contribution in [1.29, 1.82) is 0 Å². The molecule has 23 N–H and O–H groups in total. The lowest BCUT2D eigenvalue weighted by atomic mass is 9.89. The highest BCUT2D eigenvalue weighted by molar-refractivity contribution is 6.32. The predicted molar refractivity (Wildman–Crippen MR) is 450 cm³/mol. The fourth-order valence-corrected chi connectivity index (χ4v) is 16.9. The van der Waals surface area contributed by atoms with Crippen LogP contribution in [0.15, 0.2) is 115 Å². The van der Waals surface area contributed by atoms with E-state index in [-0.39, 0.29) is 57.4 Å². The van der Waals surface area contributed by atoms with Gasteiger partial charge in [0.2, 0.25) is 65.6 Å². The monoisotopic (exact) mass is 1850 g/mol. The average molecular weight is 1850 g/mol. The van der Waals surface area contributed by atoms with Gasteiger partial charge in [-0.1, -0.05) is 92.9 Å². The minimum atomic E-state index is -2.54. The van der Waals surface area contributed by atoms with E-state index in [9.17, 15) is 85.6 Å². The summed E-state index contributed by atoms with van der Waals surface area (Å²) in [6.07, 6.45) is -17.1. The summed E-state index contributed by atoms with van der Waals surface area (Å²) in [6.45, 7) is 0.316. The standard InChI is InChI=1S/C88H97Cl2N9O31/c1-3-4-5-6-7-8-9-10-66(111)93-51-31-54(108)63(33-100)126-86(51)130-78-61-26-42-27-62(78)124-58-18-14-40(24-49(58)90)77(129-88-73(92-36(2)103)76(113)75(112)65(35-102)128-88)74-84(119)98-72(85(120)121)47-29-44(105)30-60(125-87-56(110)32-55(109)64(34-101)127-87)67(47)46-23-39(13-15-52(46)106)69(81(116)99-74)96-83(118)71(42)97-82(117)70-41-21-43(104)28-45(22-41)122-59-25-38(12-16-53(59)107)68(91)80(115)94-50(79(114)95-70)20-37-11-17-57(123-61)48(89)19-37/h11-19,21-30,50-51,54-56,63-65,68-77,86-88,100-102,104-110,112-113H,3-10,20,31-35,91H2,1-2H3,(H,92,103)(H,93,111)(H,94,115)(H,95,114)(H,96,118)(H,97,117)(H,98,119)(H,99,116)(H,120,121)/t50-,51-,54+,55+,56+,63-,64-,65-,68-,69-,70+,71-,72-,73-,74+,75-,76-,77-,86+,87+,88+/m1/s1. The van der Waals surface area contributed by atoms with Crippen LogP contribution in [0, 0.1) is 0 Å². The smallest absolute Gasteiger partial charge is 0.330 e. The number of aliphatic hydroxyl groups is 8.